The van der Waals surface area contributed by atoms with Crippen molar-refractivity contribution in [1.29, 1.82) is 0 Å². The number of nitrogens with one attached hydrogen (secondary N) is 1. The lowest BCUT2D eigenvalue weighted by atomic mass is 10.2. The molecule has 1 aromatic carbocycles. The Labute approximate surface area is 140 Å². The summed E-state index contributed by atoms with van der Waals surface area (Å²) in [6.07, 6.45) is 4.89. The van der Waals surface area contributed by atoms with E-state index in [0.29, 0.717) is 37.8 Å². The van der Waals surface area contributed by atoms with Crippen LogP contribution in [-0.2, 0) is 4.79 Å². The van der Waals surface area contributed by atoms with Crippen molar-refractivity contribution in [3.05, 3.63) is 27.2 Å². The van der Waals surface area contributed by atoms with Gasteiger partial charge in [0.15, 0.2) is 6.54 Å². The topological polar surface area (TPSA) is 29.1 Å². The summed E-state index contributed by atoms with van der Waals surface area (Å²) >= 11 is 17.9. The van der Waals surface area contributed by atoms with Crippen molar-refractivity contribution in [2.75, 3.05) is 26.0 Å². The molecule has 1 amide bonds. The van der Waals surface area contributed by atoms with E-state index in [0.717, 1.165) is 0 Å². The lowest BCUT2D eigenvalue weighted by molar-refractivity contribution is -0.906. The van der Waals surface area contributed by atoms with E-state index in [-0.39, 0.29) is 5.91 Å². The van der Waals surface area contributed by atoms with Gasteiger partial charge in [0.05, 0.1) is 40.9 Å². The van der Waals surface area contributed by atoms with Gasteiger partial charge >= 0.3 is 0 Å². The molecule has 0 saturated heterocycles. The molecule has 6 heteroatoms. The second-order valence-corrected chi connectivity index (χ2v) is 7.39. The van der Waals surface area contributed by atoms with E-state index in [1.165, 1.54) is 31.7 Å². The second-order valence-electron chi connectivity index (χ2n) is 6.17. The van der Waals surface area contributed by atoms with Crippen LogP contribution < -0.4 is 5.32 Å². The molecule has 3 nitrogen and oxygen atoms in total. The molecule has 1 saturated carbocycles. The Balaban J connectivity index is 2.03. The quantitative estimate of drug-likeness (QED) is 0.624. The molecule has 1 aliphatic rings. The van der Waals surface area contributed by atoms with Crippen LogP contribution in [-0.4, -0.2) is 37.1 Å². The SMILES string of the molecule is C[N+](C)(CC(=O)Nc1cc(Cl)c(Cl)cc1Cl)C1CCCC1. The molecule has 0 atom stereocenters. The fraction of sp³-hybridized carbons (Fsp3) is 0.533. The monoisotopic (exact) mass is 349 g/mol. The van der Waals surface area contributed by atoms with Gasteiger partial charge in [-0.05, 0) is 37.8 Å². The summed E-state index contributed by atoms with van der Waals surface area (Å²) in [7, 11) is 4.21. The highest BCUT2D eigenvalue weighted by molar-refractivity contribution is 6.44. The van der Waals surface area contributed by atoms with Crippen molar-refractivity contribution in [2.45, 2.75) is 31.7 Å². The number of carbonyl (C=O) groups is 1. The Bertz CT molecular complexity index is 540. The van der Waals surface area contributed by atoms with Crippen LogP contribution in [0.4, 0.5) is 5.69 Å². The number of halogens is 3. The highest BCUT2D eigenvalue weighted by Crippen LogP contribution is 2.32. The molecule has 1 N–H and O–H groups in total. The number of nitrogens with zero attached hydrogens (tertiary/aromatic N) is 1. The third kappa shape index (κ3) is 4.26. The first-order valence-corrected chi connectivity index (χ1v) is 8.20. The first-order valence-electron chi connectivity index (χ1n) is 7.06. The first kappa shape index (κ1) is 16.9. The second kappa shape index (κ2) is 6.74. The van der Waals surface area contributed by atoms with Crippen LogP contribution in [0.15, 0.2) is 12.1 Å². The largest absolute Gasteiger partial charge is 0.320 e. The average Bonchev–Trinajstić information content (AvgIpc) is 2.89. The molecule has 21 heavy (non-hydrogen) atoms. The minimum atomic E-state index is -0.0628. The maximum absolute atomic E-state index is 12.3. The standard InChI is InChI=1S/C15H19Cl3N2O/c1-20(2,10-5-3-4-6-10)9-15(21)19-14-8-12(17)11(16)7-13(14)18/h7-8,10H,3-6,9H2,1-2H3/p+1. The molecular formula is C15H20Cl3N2O+. The fourth-order valence-corrected chi connectivity index (χ4v) is 3.50. The smallest absolute Gasteiger partial charge is 0.279 e. The third-order valence-electron chi connectivity index (χ3n) is 4.15. The molecule has 0 unspecified atom stereocenters. The van der Waals surface area contributed by atoms with E-state index in [9.17, 15) is 4.79 Å². The summed E-state index contributed by atoms with van der Waals surface area (Å²) in [5.41, 5.74) is 0.502. The molecule has 0 bridgehead atoms. The predicted octanol–water partition coefficient (Wildman–Crippen LogP) is 4.60. The van der Waals surface area contributed by atoms with Crippen LogP contribution in [0.1, 0.15) is 25.7 Å². The van der Waals surface area contributed by atoms with E-state index in [1.807, 2.05) is 0 Å². The first-order chi connectivity index (χ1) is 9.79. The Hall–Kier alpha value is -0.480. The number of hydrogen-bond donors (Lipinski definition) is 1. The molecule has 0 heterocycles. The van der Waals surface area contributed by atoms with Crippen LogP contribution in [0.3, 0.4) is 0 Å². The average molecular weight is 351 g/mol. The molecule has 0 radical (unpaired) electrons. The van der Waals surface area contributed by atoms with Gasteiger partial charge in [-0.15, -0.1) is 0 Å². The van der Waals surface area contributed by atoms with Gasteiger partial charge in [0.1, 0.15) is 0 Å². The number of likely N-dealkylation sites (N-methyl/N-ethyl adjacent to an activating group) is 1. The Morgan fingerprint density at radius 3 is 2.33 bits per heavy atom. The lowest BCUT2D eigenvalue weighted by Gasteiger charge is -2.35. The van der Waals surface area contributed by atoms with E-state index >= 15 is 0 Å². The lowest BCUT2D eigenvalue weighted by Crippen LogP contribution is -2.51. The van der Waals surface area contributed by atoms with Crippen molar-refractivity contribution in [1.82, 2.24) is 0 Å². The fourth-order valence-electron chi connectivity index (χ4n) is 2.91. The Morgan fingerprint density at radius 2 is 1.71 bits per heavy atom. The van der Waals surface area contributed by atoms with Gasteiger partial charge in [-0.3, -0.25) is 4.79 Å². The molecule has 0 aromatic heterocycles. The van der Waals surface area contributed by atoms with Crippen LogP contribution in [0.2, 0.25) is 15.1 Å². The normalized spacial score (nSPS) is 16.2. The Kier molecular flexibility index (Phi) is 5.42. The molecule has 116 valence electrons. The van der Waals surface area contributed by atoms with Crippen LogP contribution in [0.25, 0.3) is 0 Å². The minimum absolute atomic E-state index is 0.0628. The summed E-state index contributed by atoms with van der Waals surface area (Å²) in [4.78, 5) is 12.3. The number of rotatable bonds is 4. The van der Waals surface area contributed by atoms with E-state index in [4.69, 9.17) is 34.8 Å². The molecular weight excluding hydrogens is 331 g/mol. The van der Waals surface area contributed by atoms with E-state index in [1.54, 1.807) is 6.07 Å². The van der Waals surface area contributed by atoms with Crippen molar-refractivity contribution >= 4 is 46.4 Å². The zero-order chi connectivity index (χ0) is 15.6. The third-order valence-corrected chi connectivity index (χ3v) is 5.18. The number of anilines is 1. The predicted molar refractivity (Wildman–Crippen MR) is 89.3 cm³/mol. The maximum atomic E-state index is 12.3. The van der Waals surface area contributed by atoms with Gasteiger partial charge in [0, 0.05) is 0 Å². The highest BCUT2D eigenvalue weighted by Gasteiger charge is 2.33. The van der Waals surface area contributed by atoms with Gasteiger partial charge in [-0.1, -0.05) is 34.8 Å². The zero-order valence-electron chi connectivity index (χ0n) is 12.3. The summed E-state index contributed by atoms with van der Waals surface area (Å²) in [6.45, 7) is 0.418. The molecule has 2 rings (SSSR count). The number of hydrogen-bond acceptors (Lipinski definition) is 1. The molecule has 1 fully saturated rings. The van der Waals surface area contributed by atoms with Crippen LogP contribution >= 0.6 is 34.8 Å². The number of carbonyl (C=O) groups excluding carboxylic acids is 1. The summed E-state index contributed by atoms with van der Waals surface area (Å²) < 4.78 is 0.699. The van der Waals surface area contributed by atoms with Gasteiger partial charge in [-0.25, -0.2) is 0 Å². The highest BCUT2D eigenvalue weighted by atomic mass is 35.5. The molecule has 1 aliphatic carbocycles. The van der Waals surface area contributed by atoms with Gasteiger partial charge in [0.2, 0.25) is 0 Å². The molecule has 1 aromatic rings. The zero-order valence-corrected chi connectivity index (χ0v) is 14.5. The van der Waals surface area contributed by atoms with Crippen LogP contribution in [0, 0.1) is 0 Å². The van der Waals surface area contributed by atoms with E-state index < -0.39 is 0 Å². The van der Waals surface area contributed by atoms with Crippen molar-refractivity contribution in [3.63, 3.8) is 0 Å². The van der Waals surface area contributed by atoms with Crippen molar-refractivity contribution < 1.29 is 9.28 Å². The molecule has 0 aliphatic heterocycles. The summed E-state index contributed by atoms with van der Waals surface area (Å²) in [6, 6.07) is 3.68. The number of benzene rings is 1. The maximum Gasteiger partial charge on any atom is 0.279 e. The van der Waals surface area contributed by atoms with Crippen LogP contribution in [0.5, 0.6) is 0 Å². The van der Waals surface area contributed by atoms with Crippen molar-refractivity contribution in [2.24, 2.45) is 0 Å². The van der Waals surface area contributed by atoms with Gasteiger partial charge in [0.25, 0.3) is 5.91 Å². The van der Waals surface area contributed by atoms with Gasteiger partial charge in [-0.2, -0.15) is 0 Å². The number of amides is 1. The minimum Gasteiger partial charge on any atom is -0.320 e. The summed E-state index contributed by atoms with van der Waals surface area (Å²) in [5.74, 6) is -0.0628. The molecule has 0 spiro atoms. The summed E-state index contributed by atoms with van der Waals surface area (Å²) in [5, 5.41) is 3.97. The van der Waals surface area contributed by atoms with Gasteiger partial charge < -0.3 is 9.80 Å². The van der Waals surface area contributed by atoms with Crippen molar-refractivity contribution in [3.8, 4) is 0 Å². The van der Waals surface area contributed by atoms with E-state index in [2.05, 4.69) is 19.4 Å². The Morgan fingerprint density at radius 1 is 1.14 bits per heavy atom. The number of quaternary nitrogens is 1.